The third-order valence-corrected chi connectivity index (χ3v) is 6.45. The standard InChI is InChI=1S/C26H28N6O4/c1-34-24-13-18(3-4-22(24)31-9-11-35-19(14-31)16-33)29-25-26-28-6-8-32(26)15-21(30-25)17-2-5-23-20(12-17)27-7-10-36-23/h2-6,8,12-13,15,19,27,33H,7,9-11,14,16H2,1H3,(H,29,30)/t19-/m0/s1. The molecule has 10 heteroatoms. The molecule has 6 rings (SSSR count). The zero-order valence-electron chi connectivity index (χ0n) is 20.0. The number of nitrogens with one attached hydrogen (secondary N) is 2. The van der Waals surface area contributed by atoms with E-state index in [1.165, 1.54) is 0 Å². The molecule has 0 unspecified atom stereocenters. The quantitative estimate of drug-likeness (QED) is 0.377. The van der Waals surface area contributed by atoms with E-state index in [9.17, 15) is 5.11 Å². The Morgan fingerprint density at radius 1 is 1.22 bits per heavy atom. The van der Waals surface area contributed by atoms with Gasteiger partial charge in [-0.25, -0.2) is 9.97 Å². The number of rotatable bonds is 6. The minimum atomic E-state index is -0.202. The van der Waals surface area contributed by atoms with Gasteiger partial charge in [-0.3, -0.25) is 0 Å². The summed E-state index contributed by atoms with van der Waals surface area (Å²) in [5.74, 6) is 2.22. The van der Waals surface area contributed by atoms with Crippen LogP contribution in [0.1, 0.15) is 0 Å². The summed E-state index contributed by atoms with van der Waals surface area (Å²) in [7, 11) is 1.66. The average molecular weight is 489 g/mol. The predicted molar refractivity (Wildman–Crippen MR) is 138 cm³/mol. The van der Waals surface area contributed by atoms with Crippen LogP contribution in [0.25, 0.3) is 16.9 Å². The normalized spacial score (nSPS) is 17.3. The van der Waals surface area contributed by atoms with Crippen molar-refractivity contribution in [2.24, 2.45) is 0 Å². The minimum Gasteiger partial charge on any atom is -0.495 e. The van der Waals surface area contributed by atoms with Crippen molar-refractivity contribution < 1.29 is 19.3 Å². The molecule has 4 heterocycles. The van der Waals surface area contributed by atoms with Crippen LogP contribution in [-0.4, -0.2) is 72.1 Å². The van der Waals surface area contributed by atoms with Gasteiger partial charge < -0.3 is 39.3 Å². The number of aliphatic hydroxyl groups is 1. The van der Waals surface area contributed by atoms with E-state index in [-0.39, 0.29) is 12.7 Å². The second kappa shape index (κ2) is 9.56. The van der Waals surface area contributed by atoms with Crippen molar-refractivity contribution in [1.29, 1.82) is 0 Å². The first kappa shape index (κ1) is 22.4. The van der Waals surface area contributed by atoms with Crippen LogP contribution in [0.4, 0.5) is 22.9 Å². The first-order chi connectivity index (χ1) is 17.7. The Morgan fingerprint density at radius 3 is 3.06 bits per heavy atom. The van der Waals surface area contributed by atoms with Gasteiger partial charge in [-0.2, -0.15) is 0 Å². The molecule has 2 aromatic carbocycles. The van der Waals surface area contributed by atoms with E-state index in [1.807, 2.05) is 47.1 Å². The summed E-state index contributed by atoms with van der Waals surface area (Å²) in [6.07, 6.45) is 5.43. The fraction of sp³-hybridized carbons (Fsp3) is 0.308. The van der Waals surface area contributed by atoms with Crippen LogP contribution < -0.4 is 25.0 Å². The fourth-order valence-corrected chi connectivity index (χ4v) is 4.66. The number of benzene rings is 2. The minimum absolute atomic E-state index is 0.00587. The van der Waals surface area contributed by atoms with Gasteiger partial charge in [0.1, 0.15) is 18.1 Å². The highest BCUT2D eigenvalue weighted by Crippen LogP contribution is 2.35. The highest BCUT2D eigenvalue weighted by Gasteiger charge is 2.23. The molecule has 36 heavy (non-hydrogen) atoms. The molecule has 2 aromatic heterocycles. The summed E-state index contributed by atoms with van der Waals surface area (Å²) in [6.45, 7) is 3.34. The van der Waals surface area contributed by atoms with Crippen LogP contribution in [0.5, 0.6) is 11.5 Å². The summed E-state index contributed by atoms with van der Waals surface area (Å²) in [5, 5.41) is 16.3. The number of nitrogens with zero attached hydrogens (tertiary/aromatic N) is 4. The third kappa shape index (κ3) is 4.25. The molecule has 2 aliphatic rings. The molecule has 10 nitrogen and oxygen atoms in total. The molecule has 0 radical (unpaired) electrons. The molecular weight excluding hydrogens is 460 g/mol. The van der Waals surface area contributed by atoms with Gasteiger partial charge in [0, 0.05) is 55.5 Å². The van der Waals surface area contributed by atoms with Crippen LogP contribution >= 0.6 is 0 Å². The monoisotopic (exact) mass is 488 g/mol. The third-order valence-electron chi connectivity index (χ3n) is 6.45. The number of ether oxygens (including phenoxy) is 3. The number of aromatic nitrogens is 3. The molecule has 0 saturated carbocycles. The number of morpholine rings is 1. The molecule has 1 fully saturated rings. The molecular formula is C26H28N6O4. The molecule has 0 amide bonds. The zero-order valence-corrected chi connectivity index (χ0v) is 20.0. The molecule has 2 aliphatic heterocycles. The second-order valence-electron chi connectivity index (χ2n) is 8.75. The van der Waals surface area contributed by atoms with E-state index < -0.39 is 0 Å². The molecule has 1 saturated heterocycles. The fourth-order valence-electron chi connectivity index (χ4n) is 4.66. The lowest BCUT2D eigenvalue weighted by Crippen LogP contribution is -2.44. The van der Waals surface area contributed by atoms with Crippen LogP contribution in [0.2, 0.25) is 0 Å². The second-order valence-corrected chi connectivity index (χ2v) is 8.75. The molecule has 4 aromatic rings. The SMILES string of the molecule is COc1cc(Nc2nc(-c3ccc4c(c3)NCCO4)cn3ccnc23)ccc1N1CCO[C@H](CO)C1. The van der Waals surface area contributed by atoms with Gasteiger partial charge in [0.2, 0.25) is 0 Å². The van der Waals surface area contributed by atoms with E-state index in [4.69, 9.17) is 19.2 Å². The first-order valence-corrected chi connectivity index (χ1v) is 12.0. The smallest absolute Gasteiger partial charge is 0.180 e. The number of hydrogen-bond acceptors (Lipinski definition) is 9. The van der Waals surface area contributed by atoms with Gasteiger partial charge in [-0.05, 0) is 30.3 Å². The number of fused-ring (bicyclic) bond motifs is 2. The number of anilines is 4. The van der Waals surface area contributed by atoms with Gasteiger partial charge in [0.05, 0.1) is 43.5 Å². The largest absolute Gasteiger partial charge is 0.495 e. The van der Waals surface area contributed by atoms with Crippen molar-refractivity contribution in [2.45, 2.75) is 6.10 Å². The van der Waals surface area contributed by atoms with Crippen LogP contribution in [-0.2, 0) is 4.74 Å². The van der Waals surface area contributed by atoms with Gasteiger partial charge in [0.25, 0.3) is 0 Å². The van der Waals surface area contributed by atoms with Gasteiger partial charge in [-0.15, -0.1) is 0 Å². The van der Waals surface area contributed by atoms with Crippen LogP contribution in [0, 0.1) is 0 Å². The Labute approximate surface area is 208 Å². The molecule has 3 N–H and O–H groups in total. The Kier molecular flexibility index (Phi) is 5.96. The summed E-state index contributed by atoms with van der Waals surface area (Å²) in [6, 6.07) is 12.0. The maximum absolute atomic E-state index is 9.50. The van der Waals surface area contributed by atoms with Crippen LogP contribution in [0.3, 0.4) is 0 Å². The average Bonchev–Trinajstić information content (AvgIpc) is 3.42. The van der Waals surface area contributed by atoms with Gasteiger partial charge in [-0.1, -0.05) is 0 Å². The Hall–Kier alpha value is -4.02. The Balaban J connectivity index is 1.32. The van der Waals surface area contributed by atoms with Crippen LogP contribution in [0.15, 0.2) is 55.0 Å². The highest BCUT2D eigenvalue weighted by molar-refractivity contribution is 5.77. The summed E-state index contributed by atoms with van der Waals surface area (Å²) in [5.41, 5.74) is 5.26. The highest BCUT2D eigenvalue weighted by atomic mass is 16.5. The maximum atomic E-state index is 9.50. The van der Waals surface area contributed by atoms with E-state index in [2.05, 4.69) is 26.6 Å². The summed E-state index contributed by atoms with van der Waals surface area (Å²) < 4.78 is 19.0. The van der Waals surface area contributed by atoms with Crippen molar-refractivity contribution in [2.75, 3.05) is 62.1 Å². The number of methoxy groups -OCH3 is 1. The Morgan fingerprint density at radius 2 is 2.17 bits per heavy atom. The van der Waals surface area contributed by atoms with Crippen molar-refractivity contribution in [3.05, 3.63) is 55.0 Å². The summed E-state index contributed by atoms with van der Waals surface area (Å²) in [4.78, 5) is 11.6. The topological polar surface area (TPSA) is 105 Å². The Bertz CT molecular complexity index is 1390. The number of aliphatic hydroxyl groups excluding tert-OH is 1. The van der Waals surface area contributed by atoms with E-state index in [0.29, 0.717) is 25.6 Å². The molecule has 0 bridgehead atoms. The van der Waals surface area contributed by atoms with Crippen molar-refractivity contribution in [3.63, 3.8) is 0 Å². The van der Waals surface area contributed by atoms with Crippen molar-refractivity contribution in [1.82, 2.24) is 14.4 Å². The maximum Gasteiger partial charge on any atom is 0.180 e. The summed E-state index contributed by atoms with van der Waals surface area (Å²) >= 11 is 0. The first-order valence-electron chi connectivity index (χ1n) is 12.0. The zero-order chi connectivity index (χ0) is 24.5. The van der Waals surface area contributed by atoms with Crippen molar-refractivity contribution >= 4 is 28.5 Å². The van der Waals surface area contributed by atoms with Gasteiger partial charge >= 0.3 is 0 Å². The lowest BCUT2D eigenvalue weighted by Gasteiger charge is -2.34. The molecule has 186 valence electrons. The van der Waals surface area contributed by atoms with E-state index in [1.54, 1.807) is 13.3 Å². The molecule has 1 atom stereocenters. The van der Waals surface area contributed by atoms with E-state index in [0.717, 1.165) is 58.6 Å². The number of imidazole rings is 1. The number of hydrogen-bond donors (Lipinski definition) is 3. The van der Waals surface area contributed by atoms with Gasteiger partial charge in [0.15, 0.2) is 11.5 Å². The van der Waals surface area contributed by atoms with E-state index >= 15 is 0 Å². The lowest BCUT2D eigenvalue weighted by atomic mass is 10.1. The molecule has 0 spiro atoms. The lowest BCUT2D eigenvalue weighted by molar-refractivity contribution is 0.00347. The molecule has 0 aliphatic carbocycles. The van der Waals surface area contributed by atoms with Crippen molar-refractivity contribution in [3.8, 4) is 22.8 Å². The predicted octanol–water partition coefficient (Wildman–Crippen LogP) is 3.15.